The van der Waals surface area contributed by atoms with Gasteiger partial charge in [0.05, 0.1) is 10.7 Å². The Labute approximate surface area is 122 Å². The first-order chi connectivity index (χ1) is 9.63. The molecule has 0 unspecified atom stereocenters. The van der Waals surface area contributed by atoms with Crippen molar-refractivity contribution in [3.63, 3.8) is 0 Å². The fourth-order valence-corrected chi connectivity index (χ4v) is 2.70. The SMILES string of the molecule is Nc1ccc(NC(=O)c2ccc3c(c2)CCC3)cc1Cl. The Bertz CT molecular complexity index is 682. The first kappa shape index (κ1) is 13.0. The summed E-state index contributed by atoms with van der Waals surface area (Å²) in [7, 11) is 0. The van der Waals surface area contributed by atoms with E-state index in [0.29, 0.717) is 22.0 Å². The van der Waals surface area contributed by atoms with E-state index in [0.717, 1.165) is 12.8 Å². The Kier molecular flexibility index (Phi) is 3.36. The number of nitrogens with two attached hydrogens (primary N) is 1. The zero-order chi connectivity index (χ0) is 14.1. The van der Waals surface area contributed by atoms with Crippen LogP contribution in [0.4, 0.5) is 11.4 Å². The summed E-state index contributed by atoms with van der Waals surface area (Å²) >= 11 is 5.94. The van der Waals surface area contributed by atoms with E-state index in [2.05, 4.69) is 5.32 Å². The average molecular weight is 287 g/mol. The third kappa shape index (κ3) is 2.49. The molecule has 0 atom stereocenters. The lowest BCUT2D eigenvalue weighted by atomic mass is 10.1. The zero-order valence-electron chi connectivity index (χ0n) is 10.9. The molecule has 3 nitrogen and oxygen atoms in total. The molecule has 0 radical (unpaired) electrons. The van der Waals surface area contributed by atoms with E-state index in [4.69, 9.17) is 17.3 Å². The molecule has 3 rings (SSSR count). The number of anilines is 2. The van der Waals surface area contributed by atoms with Crippen LogP contribution in [0.1, 0.15) is 27.9 Å². The van der Waals surface area contributed by atoms with Crippen molar-refractivity contribution >= 4 is 28.9 Å². The molecule has 102 valence electrons. The molecule has 1 aliphatic carbocycles. The summed E-state index contributed by atoms with van der Waals surface area (Å²) in [5.74, 6) is -0.125. The van der Waals surface area contributed by atoms with Crippen molar-refractivity contribution in [2.24, 2.45) is 0 Å². The Hall–Kier alpha value is -2.00. The van der Waals surface area contributed by atoms with Crippen molar-refractivity contribution in [2.75, 3.05) is 11.1 Å². The lowest BCUT2D eigenvalue weighted by Gasteiger charge is -2.08. The number of nitrogen functional groups attached to an aromatic ring is 1. The van der Waals surface area contributed by atoms with E-state index in [1.54, 1.807) is 18.2 Å². The van der Waals surface area contributed by atoms with Crippen molar-refractivity contribution in [1.82, 2.24) is 0 Å². The molecule has 0 aliphatic heterocycles. The highest BCUT2D eigenvalue weighted by atomic mass is 35.5. The number of aryl methyl sites for hydroxylation is 2. The fraction of sp³-hybridized carbons (Fsp3) is 0.188. The summed E-state index contributed by atoms with van der Waals surface area (Å²) < 4.78 is 0. The van der Waals surface area contributed by atoms with Crippen molar-refractivity contribution in [2.45, 2.75) is 19.3 Å². The second kappa shape index (κ2) is 5.17. The molecule has 4 heteroatoms. The second-order valence-electron chi connectivity index (χ2n) is 5.03. The minimum absolute atomic E-state index is 0.125. The molecule has 2 aromatic carbocycles. The molecule has 3 N–H and O–H groups in total. The van der Waals surface area contributed by atoms with Crippen LogP contribution in [-0.2, 0) is 12.8 Å². The maximum atomic E-state index is 12.2. The normalized spacial score (nSPS) is 13.1. The number of amides is 1. The van der Waals surface area contributed by atoms with Gasteiger partial charge in [-0.2, -0.15) is 0 Å². The summed E-state index contributed by atoms with van der Waals surface area (Å²) in [6.07, 6.45) is 3.35. The van der Waals surface area contributed by atoms with Crippen LogP contribution in [0.25, 0.3) is 0 Å². The van der Waals surface area contributed by atoms with Gasteiger partial charge in [-0.15, -0.1) is 0 Å². The molecule has 1 amide bonds. The van der Waals surface area contributed by atoms with Gasteiger partial charge >= 0.3 is 0 Å². The van der Waals surface area contributed by atoms with Gasteiger partial charge in [0.2, 0.25) is 0 Å². The lowest BCUT2D eigenvalue weighted by molar-refractivity contribution is 0.102. The molecular weight excluding hydrogens is 272 g/mol. The number of hydrogen-bond acceptors (Lipinski definition) is 2. The van der Waals surface area contributed by atoms with Crippen LogP contribution in [0.15, 0.2) is 36.4 Å². The topological polar surface area (TPSA) is 55.1 Å². The molecule has 1 aliphatic rings. The van der Waals surface area contributed by atoms with E-state index in [1.807, 2.05) is 18.2 Å². The first-order valence-electron chi connectivity index (χ1n) is 6.61. The van der Waals surface area contributed by atoms with Gasteiger partial charge < -0.3 is 11.1 Å². The molecule has 0 aromatic heterocycles. The summed E-state index contributed by atoms with van der Waals surface area (Å²) in [5, 5.41) is 3.28. The highest BCUT2D eigenvalue weighted by molar-refractivity contribution is 6.33. The van der Waals surface area contributed by atoms with Crippen LogP contribution in [-0.4, -0.2) is 5.91 Å². The molecule has 0 fully saturated rings. The monoisotopic (exact) mass is 286 g/mol. The van der Waals surface area contributed by atoms with E-state index >= 15 is 0 Å². The second-order valence-corrected chi connectivity index (χ2v) is 5.43. The largest absolute Gasteiger partial charge is 0.398 e. The van der Waals surface area contributed by atoms with Crippen molar-refractivity contribution in [1.29, 1.82) is 0 Å². The van der Waals surface area contributed by atoms with Gasteiger partial charge in [0.15, 0.2) is 0 Å². The van der Waals surface area contributed by atoms with E-state index in [1.165, 1.54) is 17.5 Å². The van der Waals surface area contributed by atoms with Gasteiger partial charge in [-0.05, 0) is 60.7 Å². The molecule has 0 bridgehead atoms. The molecule has 0 heterocycles. The van der Waals surface area contributed by atoms with Crippen LogP contribution >= 0.6 is 11.6 Å². The van der Waals surface area contributed by atoms with Crippen LogP contribution < -0.4 is 11.1 Å². The van der Waals surface area contributed by atoms with Crippen molar-refractivity contribution < 1.29 is 4.79 Å². The predicted octanol–water partition coefficient (Wildman–Crippen LogP) is 3.66. The van der Waals surface area contributed by atoms with E-state index in [-0.39, 0.29) is 5.91 Å². The molecular formula is C16H15ClN2O. The van der Waals surface area contributed by atoms with Gasteiger partial charge in [0, 0.05) is 11.3 Å². The zero-order valence-corrected chi connectivity index (χ0v) is 11.7. The molecule has 0 spiro atoms. The smallest absolute Gasteiger partial charge is 0.255 e. The summed E-state index contributed by atoms with van der Waals surface area (Å²) in [6, 6.07) is 11.0. The summed E-state index contributed by atoms with van der Waals surface area (Å²) in [6.45, 7) is 0. The Morgan fingerprint density at radius 1 is 1.10 bits per heavy atom. The number of nitrogens with one attached hydrogen (secondary N) is 1. The standard InChI is InChI=1S/C16H15ClN2O/c17-14-9-13(6-7-15(14)18)19-16(20)12-5-4-10-2-1-3-11(10)8-12/h4-9H,1-3,18H2,(H,19,20). The third-order valence-corrected chi connectivity index (χ3v) is 3.95. The molecule has 2 aromatic rings. The summed E-state index contributed by atoms with van der Waals surface area (Å²) in [4.78, 5) is 12.2. The van der Waals surface area contributed by atoms with Crippen LogP contribution in [0.3, 0.4) is 0 Å². The number of benzene rings is 2. The molecule has 0 saturated carbocycles. The van der Waals surface area contributed by atoms with Gasteiger partial charge in [-0.3, -0.25) is 4.79 Å². The highest BCUT2D eigenvalue weighted by Crippen LogP contribution is 2.25. The van der Waals surface area contributed by atoms with Gasteiger partial charge in [-0.1, -0.05) is 17.7 Å². The van der Waals surface area contributed by atoms with Crippen molar-refractivity contribution in [3.8, 4) is 0 Å². The minimum Gasteiger partial charge on any atom is -0.398 e. The third-order valence-electron chi connectivity index (χ3n) is 3.62. The average Bonchev–Trinajstić information content (AvgIpc) is 2.90. The molecule has 20 heavy (non-hydrogen) atoms. The fourth-order valence-electron chi connectivity index (χ4n) is 2.52. The van der Waals surface area contributed by atoms with Gasteiger partial charge in [-0.25, -0.2) is 0 Å². The van der Waals surface area contributed by atoms with Crippen molar-refractivity contribution in [3.05, 3.63) is 58.1 Å². The highest BCUT2D eigenvalue weighted by Gasteiger charge is 2.14. The van der Waals surface area contributed by atoms with E-state index in [9.17, 15) is 4.79 Å². The maximum Gasteiger partial charge on any atom is 0.255 e. The number of carbonyl (C=O) groups is 1. The quantitative estimate of drug-likeness (QED) is 0.828. The number of fused-ring (bicyclic) bond motifs is 1. The Balaban J connectivity index is 1.80. The maximum absolute atomic E-state index is 12.2. The Morgan fingerprint density at radius 2 is 1.90 bits per heavy atom. The number of hydrogen-bond donors (Lipinski definition) is 2. The number of carbonyl (C=O) groups excluding carboxylic acids is 1. The molecule has 0 saturated heterocycles. The Morgan fingerprint density at radius 3 is 2.70 bits per heavy atom. The van der Waals surface area contributed by atoms with E-state index < -0.39 is 0 Å². The van der Waals surface area contributed by atoms with Crippen LogP contribution in [0.2, 0.25) is 5.02 Å². The van der Waals surface area contributed by atoms with Crippen LogP contribution in [0.5, 0.6) is 0 Å². The predicted molar refractivity (Wildman–Crippen MR) is 82.3 cm³/mol. The summed E-state index contributed by atoms with van der Waals surface area (Å²) in [5.41, 5.74) is 10.1. The van der Waals surface area contributed by atoms with Gasteiger partial charge in [0.1, 0.15) is 0 Å². The van der Waals surface area contributed by atoms with Crippen LogP contribution in [0, 0.1) is 0 Å². The number of rotatable bonds is 2. The van der Waals surface area contributed by atoms with Gasteiger partial charge in [0.25, 0.3) is 5.91 Å². The lowest BCUT2D eigenvalue weighted by Crippen LogP contribution is -2.12. The minimum atomic E-state index is -0.125. The number of halogens is 1. The first-order valence-corrected chi connectivity index (χ1v) is 6.99.